The highest BCUT2D eigenvalue weighted by atomic mass is 16.2. The van der Waals surface area contributed by atoms with Crippen LogP contribution in [0.1, 0.15) is 30.4 Å². The standard InChI is InChI=1S/C16H20N2O/c1-13-4-6-14(7-5-13)8-9-16(19)18-10-2-3-15(11-17)12-18/h4-7,15H,2-3,8-10,12H2,1H3. The quantitative estimate of drug-likeness (QED) is 0.834. The average molecular weight is 256 g/mol. The first kappa shape index (κ1) is 13.6. The second-order valence-electron chi connectivity index (χ2n) is 5.29. The lowest BCUT2D eigenvalue weighted by Crippen LogP contribution is -2.39. The number of carbonyl (C=O) groups is 1. The molecule has 0 radical (unpaired) electrons. The second kappa shape index (κ2) is 6.38. The molecular formula is C16H20N2O. The predicted molar refractivity (Wildman–Crippen MR) is 74.4 cm³/mol. The van der Waals surface area contributed by atoms with Crippen molar-refractivity contribution in [2.75, 3.05) is 13.1 Å². The Balaban J connectivity index is 1.84. The van der Waals surface area contributed by atoms with Crippen LogP contribution in [0, 0.1) is 24.2 Å². The van der Waals surface area contributed by atoms with Crippen molar-refractivity contribution in [1.82, 2.24) is 4.90 Å². The summed E-state index contributed by atoms with van der Waals surface area (Å²) >= 11 is 0. The van der Waals surface area contributed by atoms with Crippen molar-refractivity contribution in [2.45, 2.75) is 32.6 Å². The molecule has 0 saturated carbocycles. The van der Waals surface area contributed by atoms with E-state index in [0.717, 1.165) is 25.8 Å². The number of rotatable bonds is 3. The van der Waals surface area contributed by atoms with Gasteiger partial charge in [-0.15, -0.1) is 0 Å². The van der Waals surface area contributed by atoms with Gasteiger partial charge in [0.15, 0.2) is 0 Å². The molecule has 1 heterocycles. The van der Waals surface area contributed by atoms with Gasteiger partial charge in [-0.3, -0.25) is 4.79 Å². The van der Waals surface area contributed by atoms with Crippen LogP contribution in [-0.4, -0.2) is 23.9 Å². The molecule has 1 aromatic carbocycles. The SMILES string of the molecule is Cc1ccc(CCC(=O)N2CCCC(C#N)C2)cc1. The van der Waals surface area contributed by atoms with Crippen molar-refractivity contribution in [3.05, 3.63) is 35.4 Å². The van der Waals surface area contributed by atoms with Crippen LogP contribution in [0.3, 0.4) is 0 Å². The summed E-state index contributed by atoms with van der Waals surface area (Å²) in [5, 5.41) is 8.94. The van der Waals surface area contributed by atoms with Crippen molar-refractivity contribution in [2.24, 2.45) is 5.92 Å². The molecule has 1 atom stereocenters. The van der Waals surface area contributed by atoms with Crippen LogP contribution >= 0.6 is 0 Å². The van der Waals surface area contributed by atoms with Crippen LogP contribution in [-0.2, 0) is 11.2 Å². The van der Waals surface area contributed by atoms with E-state index in [4.69, 9.17) is 5.26 Å². The first-order valence-corrected chi connectivity index (χ1v) is 6.92. The van der Waals surface area contributed by atoms with E-state index >= 15 is 0 Å². The van der Waals surface area contributed by atoms with Crippen molar-refractivity contribution in [1.29, 1.82) is 5.26 Å². The Bertz CT molecular complexity index is 473. The van der Waals surface area contributed by atoms with E-state index in [-0.39, 0.29) is 11.8 Å². The molecule has 1 aliphatic rings. The van der Waals surface area contributed by atoms with Crippen molar-refractivity contribution >= 4 is 5.91 Å². The number of nitrogens with zero attached hydrogens (tertiary/aromatic N) is 2. The van der Waals surface area contributed by atoms with Crippen LogP contribution in [0.4, 0.5) is 0 Å². The van der Waals surface area contributed by atoms with Crippen LogP contribution in [0.2, 0.25) is 0 Å². The minimum Gasteiger partial charge on any atom is -0.341 e. The van der Waals surface area contributed by atoms with E-state index in [2.05, 4.69) is 37.3 Å². The molecule has 1 unspecified atom stereocenters. The number of benzene rings is 1. The van der Waals surface area contributed by atoms with Gasteiger partial charge in [0.25, 0.3) is 0 Å². The number of hydrogen-bond donors (Lipinski definition) is 0. The lowest BCUT2D eigenvalue weighted by atomic mass is 9.99. The molecule has 0 N–H and O–H groups in total. The van der Waals surface area contributed by atoms with Gasteiger partial charge in [-0.25, -0.2) is 0 Å². The summed E-state index contributed by atoms with van der Waals surface area (Å²) in [7, 11) is 0. The Morgan fingerprint density at radius 3 is 2.84 bits per heavy atom. The monoisotopic (exact) mass is 256 g/mol. The van der Waals surface area contributed by atoms with Crippen molar-refractivity contribution < 1.29 is 4.79 Å². The van der Waals surface area contributed by atoms with E-state index in [1.165, 1.54) is 11.1 Å². The van der Waals surface area contributed by atoms with Crippen LogP contribution in [0.15, 0.2) is 24.3 Å². The summed E-state index contributed by atoms with van der Waals surface area (Å²) in [6.45, 7) is 3.48. The Morgan fingerprint density at radius 1 is 1.42 bits per heavy atom. The summed E-state index contributed by atoms with van der Waals surface area (Å²) in [6.07, 6.45) is 3.21. The maximum atomic E-state index is 12.1. The van der Waals surface area contributed by atoms with Gasteiger partial charge in [0, 0.05) is 19.5 Å². The average Bonchev–Trinajstić information content (AvgIpc) is 2.46. The van der Waals surface area contributed by atoms with E-state index in [0.29, 0.717) is 13.0 Å². The molecule has 0 bridgehead atoms. The molecule has 1 saturated heterocycles. The van der Waals surface area contributed by atoms with Gasteiger partial charge in [0.05, 0.1) is 12.0 Å². The lowest BCUT2D eigenvalue weighted by molar-refractivity contribution is -0.132. The molecule has 100 valence electrons. The molecule has 0 aliphatic carbocycles. The normalized spacial score (nSPS) is 18.9. The number of carbonyl (C=O) groups excluding carboxylic acids is 1. The van der Waals surface area contributed by atoms with Crippen LogP contribution < -0.4 is 0 Å². The highest BCUT2D eigenvalue weighted by Gasteiger charge is 2.22. The largest absolute Gasteiger partial charge is 0.341 e. The zero-order valence-electron chi connectivity index (χ0n) is 11.4. The highest BCUT2D eigenvalue weighted by Crippen LogP contribution is 2.17. The molecular weight excluding hydrogens is 236 g/mol. The predicted octanol–water partition coefficient (Wildman–Crippen LogP) is 2.69. The maximum absolute atomic E-state index is 12.1. The Labute approximate surface area is 114 Å². The first-order valence-electron chi connectivity index (χ1n) is 6.92. The first-order chi connectivity index (χ1) is 9.19. The zero-order valence-corrected chi connectivity index (χ0v) is 11.4. The lowest BCUT2D eigenvalue weighted by Gasteiger charge is -2.29. The number of likely N-dealkylation sites (tertiary alicyclic amines) is 1. The van der Waals surface area contributed by atoms with Gasteiger partial charge in [-0.2, -0.15) is 5.26 Å². The van der Waals surface area contributed by atoms with Gasteiger partial charge < -0.3 is 4.90 Å². The van der Waals surface area contributed by atoms with E-state index in [1.807, 2.05) is 4.90 Å². The number of amides is 1. The molecule has 19 heavy (non-hydrogen) atoms. The fraction of sp³-hybridized carbons (Fsp3) is 0.500. The van der Waals surface area contributed by atoms with E-state index in [1.54, 1.807) is 0 Å². The Kier molecular flexibility index (Phi) is 4.57. The van der Waals surface area contributed by atoms with Gasteiger partial charge in [0.2, 0.25) is 5.91 Å². The third-order valence-electron chi connectivity index (χ3n) is 3.70. The summed E-state index contributed by atoms with van der Waals surface area (Å²) < 4.78 is 0. The van der Waals surface area contributed by atoms with E-state index < -0.39 is 0 Å². The second-order valence-corrected chi connectivity index (χ2v) is 5.29. The molecule has 0 aromatic heterocycles. The maximum Gasteiger partial charge on any atom is 0.222 e. The van der Waals surface area contributed by atoms with E-state index in [9.17, 15) is 4.79 Å². The molecule has 1 aliphatic heterocycles. The number of piperidine rings is 1. The smallest absolute Gasteiger partial charge is 0.222 e. The number of nitriles is 1. The van der Waals surface area contributed by atoms with Crippen molar-refractivity contribution in [3.8, 4) is 6.07 Å². The van der Waals surface area contributed by atoms with Gasteiger partial charge >= 0.3 is 0 Å². The zero-order chi connectivity index (χ0) is 13.7. The summed E-state index contributed by atoms with van der Waals surface area (Å²) in [4.78, 5) is 14.0. The molecule has 3 heteroatoms. The molecule has 2 rings (SSSR count). The summed E-state index contributed by atoms with van der Waals surface area (Å²) in [5.41, 5.74) is 2.44. The molecule has 1 fully saturated rings. The van der Waals surface area contributed by atoms with Crippen LogP contribution in [0.5, 0.6) is 0 Å². The minimum absolute atomic E-state index is 0.0251. The highest BCUT2D eigenvalue weighted by molar-refractivity contribution is 5.76. The third-order valence-corrected chi connectivity index (χ3v) is 3.70. The molecule has 0 spiro atoms. The van der Waals surface area contributed by atoms with Gasteiger partial charge in [-0.05, 0) is 31.7 Å². The summed E-state index contributed by atoms with van der Waals surface area (Å²) in [6, 6.07) is 10.6. The Morgan fingerprint density at radius 2 is 2.16 bits per heavy atom. The number of hydrogen-bond acceptors (Lipinski definition) is 2. The van der Waals surface area contributed by atoms with Gasteiger partial charge in [-0.1, -0.05) is 29.8 Å². The van der Waals surface area contributed by atoms with Crippen LogP contribution in [0.25, 0.3) is 0 Å². The summed E-state index contributed by atoms with van der Waals surface area (Å²) in [5.74, 6) is 0.206. The fourth-order valence-corrected chi connectivity index (χ4v) is 2.47. The number of aryl methyl sites for hydroxylation is 2. The Hall–Kier alpha value is -1.82. The topological polar surface area (TPSA) is 44.1 Å². The van der Waals surface area contributed by atoms with Crippen molar-refractivity contribution in [3.63, 3.8) is 0 Å². The minimum atomic E-state index is 0.0251. The molecule has 3 nitrogen and oxygen atoms in total. The fourth-order valence-electron chi connectivity index (χ4n) is 2.47. The third kappa shape index (κ3) is 3.82. The molecule has 1 amide bonds. The van der Waals surface area contributed by atoms with Gasteiger partial charge in [0.1, 0.15) is 0 Å². The molecule has 1 aromatic rings.